The lowest BCUT2D eigenvalue weighted by atomic mass is 9.93. The van der Waals surface area contributed by atoms with Gasteiger partial charge in [-0.1, -0.05) is 0 Å². The topological polar surface area (TPSA) is 57.4 Å². The lowest BCUT2D eigenvalue weighted by Gasteiger charge is -2.19. The van der Waals surface area contributed by atoms with Gasteiger partial charge in [-0.05, 0) is 38.8 Å². The van der Waals surface area contributed by atoms with Crippen molar-refractivity contribution >= 4 is 0 Å². The maximum atomic E-state index is 6.29. The fourth-order valence-electron chi connectivity index (χ4n) is 2.33. The van der Waals surface area contributed by atoms with Crippen molar-refractivity contribution in [2.75, 3.05) is 6.61 Å². The van der Waals surface area contributed by atoms with E-state index in [1.807, 2.05) is 26.1 Å². The summed E-state index contributed by atoms with van der Waals surface area (Å²) >= 11 is 0. The van der Waals surface area contributed by atoms with Crippen LogP contribution in [0.15, 0.2) is 18.5 Å². The highest BCUT2D eigenvalue weighted by Gasteiger charge is 2.28. The molecule has 4 nitrogen and oxygen atoms in total. The molecule has 18 heavy (non-hydrogen) atoms. The summed E-state index contributed by atoms with van der Waals surface area (Å²) in [6.07, 6.45) is 5.01. The second-order valence-corrected chi connectivity index (χ2v) is 5.29. The maximum absolute atomic E-state index is 6.29. The highest BCUT2D eigenvalue weighted by atomic mass is 16.5. The second kappa shape index (κ2) is 5.67. The number of nitrogens with two attached hydrogens (primary N) is 1. The van der Waals surface area contributed by atoms with E-state index in [0.717, 1.165) is 24.3 Å². The molecule has 0 bridgehead atoms. The van der Waals surface area contributed by atoms with Crippen molar-refractivity contribution in [3.8, 4) is 5.75 Å². The molecule has 1 aliphatic heterocycles. The molecule has 1 fully saturated rings. The fourth-order valence-corrected chi connectivity index (χ4v) is 2.33. The summed E-state index contributed by atoms with van der Waals surface area (Å²) in [6.45, 7) is 6.82. The van der Waals surface area contributed by atoms with E-state index in [1.54, 1.807) is 6.20 Å². The SMILES string of the molecule is CC(C)Oc1cncc(C(N)C2COC(C)C2)c1. The van der Waals surface area contributed by atoms with Crippen LogP contribution in [0.4, 0.5) is 0 Å². The zero-order chi connectivity index (χ0) is 13.1. The van der Waals surface area contributed by atoms with E-state index in [-0.39, 0.29) is 12.1 Å². The Kier molecular flexibility index (Phi) is 4.19. The van der Waals surface area contributed by atoms with E-state index < -0.39 is 0 Å². The Morgan fingerprint density at radius 1 is 1.44 bits per heavy atom. The smallest absolute Gasteiger partial charge is 0.138 e. The number of hydrogen-bond acceptors (Lipinski definition) is 4. The van der Waals surface area contributed by atoms with Gasteiger partial charge < -0.3 is 15.2 Å². The minimum atomic E-state index is -0.0295. The lowest BCUT2D eigenvalue weighted by molar-refractivity contribution is 0.118. The van der Waals surface area contributed by atoms with Crippen molar-refractivity contribution in [3.63, 3.8) is 0 Å². The minimum Gasteiger partial charge on any atom is -0.489 e. The Labute approximate surface area is 108 Å². The molecular formula is C14H22N2O2. The summed E-state index contributed by atoms with van der Waals surface area (Å²) in [5.41, 5.74) is 7.31. The van der Waals surface area contributed by atoms with Crippen LogP contribution in [0.25, 0.3) is 0 Å². The summed E-state index contributed by atoms with van der Waals surface area (Å²) in [5.74, 6) is 1.15. The van der Waals surface area contributed by atoms with Gasteiger partial charge in [0.2, 0.25) is 0 Å². The monoisotopic (exact) mass is 250 g/mol. The Morgan fingerprint density at radius 3 is 2.83 bits per heavy atom. The van der Waals surface area contributed by atoms with Crippen LogP contribution >= 0.6 is 0 Å². The van der Waals surface area contributed by atoms with E-state index in [1.165, 1.54) is 0 Å². The number of pyridine rings is 1. The molecule has 4 heteroatoms. The number of nitrogens with zero attached hydrogens (tertiary/aromatic N) is 1. The Bertz CT molecular complexity index is 395. The first-order valence-corrected chi connectivity index (χ1v) is 6.55. The number of ether oxygens (including phenoxy) is 2. The number of rotatable bonds is 4. The van der Waals surface area contributed by atoms with Gasteiger partial charge in [-0.25, -0.2) is 0 Å². The van der Waals surface area contributed by atoms with Gasteiger partial charge in [0.15, 0.2) is 0 Å². The van der Waals surface area contributed by atoms with Crippen LogP contribution in [0.5, 0.6) is 5.75 Å². The third-order valence-electron chi connectivity index (χ3n) is 3.23. The molecule has 2 heterocycles. The molecule has 100 valence electrons. The molecule has 0 radical (unpaired) electrons. The molecule has 1 aromatic rings. The van der Waals surface area contributed by atoms with Crippen LogP contribution in [0.2, 0.25) is 0 Å². The maximum Gasteiger partial charge on any atom is 0.138 e. The van der Waals surface area contributed by atoms with Gasteiger partial charge in [-0.15, -0.1) is 0 Å². The lowest BCUT2D eigenvalue weighted by Crippen LogP contribution is -2.22. The van der Waals surface area contributed by atoms with Gasteiger partial charge in [-0.2, -0.15) is 0 Å². The Hall–Kier alpha value is -1.13. The summed E-state index contributed by atoms with van der Waals surface area (Å²) in [4.78, 5) is 4.20. The van der Waals surface area contributed by atoms with E-state index in [2.05, 4.69) is 11.9 Å². The Morgan fingerprint density at radius 2 is 2.22 bits per heavy atom. The molecule has 0 spiro atoms. The van der Waals surface area contributed by atoms with Crippen molar-refractivity contribution in [2.24, 2.45) is 11.7 Å². The molecule has 0 aliphatic carbocycles. The van der Waals surface area contributed by atoms with E-state index in [9.17, 15) is 0 Å². The molecule has 3 unspecified atom stereocenters. The summed E-state index contributed by atoms with van der Waals surface area (Å²) in [6, 6.07) is 1.96. The highest BCUT2D eigenvalue weighted by Crippen LogP contribution is 2.30. The van der Waals surface area contributed by atoms with Gasteiger partial charge in [0.25, 0.3) is 0 Å². The molecule has 3 atom stereocenters. The van der Waals surface area contributed by atoms with Crippen molar-refractivity contribution in [3.05, 3.63) is 24.0 Å². The number of hydrogen-bond donors (Lipinski definition) is 1. The highest BCUT2D eigenvalue weighted by molar-refractivity contribution is 5.26. The van der Waals surface area contributed by atoms with Crippen molar-refractivity contribution < 1.29 is 9.47 Å². The van der Waals surface area contributed by atoms with Crippen LogP contribution in [-0.4, -0.2) is 23.8 Å². The predicted octanol–water partition coefficient (Wildman–Crippen LogP) is 2.29. The second-order valence-electron chi connectivity index (χ2n) is 5.29. The van der Waals surface area contributed by atoms with Gasteiger partial charge in [0, 0.05) is 18.2 Å². The first-order valence-electron chi connectivity index (χ1n) is 6.55. The molecule has 1 saturated heterocycles. The third-order valence-corrected chi connectivity index (χ3v) is 3.23. The van der Waals surface area contributed by atoms with Crippen molar-refractivity contribution in [1.82, 2.24) is 4.98 Å². The van der Waals surface area contributed by atoms with Crippen molar-refractivity contribution in [2.45, 2.75) is 45.4 Å². The molecule has 0 saturated carbocycles. The molecule has 1 aromatic heterocycles. The van der Waals surface area contributed by atoms with Gasteiger partial charge in [-0.3, -0.25) is 4.98 Å². The van der Waals surface area contributed by atoms with Crippen molar-refractivity contribution in [1.29, 1.82) is 0 Å². The fraction of sp³-hybridized carbons (Fsp3) is 0.643. The van der Waals surface area contributed by atoms with Crippen LogP contribution in [0.3, 0.4) is 0 Å². The van der Waals surface area contributed by atoms with Crippen LogP contribution in [0.1, 0.15) is 38.8 Å². The quantitative estimate of drug-likeness (QED) is 0.890. The summed E-state index contributed by atoms with van der Waals surface area (Å²) in [7, 11) is 0. The summed E-state index contributed by atoms with van der Waals surface area (Å²) in [5, 5.41) is 0. The van der Waals surface area contributed by atoms with E-state index in [0.29, 0.717) is 12.0 Å². The van der Waals surface area contributed by atoms with Gasteiger partial charge in [0.1, 0.15) is 5.75 Å². The largest absolute Gasteiger partial charge is 0.489 e. The molecule has 2 N–H and O–H groups in total. The van der Waals surface area contributed by atoms with E-state index in [4.69, 9.17) is 15.2 Å². The zero-order valence-electron chi connectivity index (χ0n) is 11.3. The molecule has 0 amide bonds. The normalized spacial score (nSPS) is 25.4. The zero-order valence-corrected chi connectivity index (χ0v) is 11.3. The first-order chi connectivity index (χ1) is 8.56. The molecule has 2 rings (SSSR count). The van der Waals surface area contributed by atoms with Crippen LogP contribution < -0.4 is 10.5 Å². The average Bonchev–Trinajstić information content (AvgIpc) is 2.74. The van der Waals surface area contributed by atoms with Gasteiger partial charge in [0.05, 0.1) is 25.0 Å². The average molecular weight is 250 g/mol. The first kappa shape index (κ1) is 13.3. The third kappa shape index (κ3) is 3.21. The summed E-state index contributed by atoms with van der Waals surface area (Å²) < 4.78 is 11.2. The molecular weight excluding hydrogens is 228 g/mol. The van der Waals surface area contributed by atoms with Crippen LogP contribution in [0, 0.1) is 5.92 Å². The van der Waals surface area contributed by atoms with Gasteiger partial charge >= 0.3 is 0 Å². The Balaban J connectivity index is 2.07. The van der Waals surface area contributed by atoms with E-state index >= 15 is 0 Å². The standard InChI is InChI=1S/C14H22N2O2/c1-9(2)18-13-5-11(6-16-7-13)14(15)12-4-10(3)17-8-12/h5-7,9-10,12,14H,4,8,15H2,1-3H3. The minimum absolute atomic E-state index is 0.0295. The van der Waals surface area contributed by atoms with Crippen LogP contribution in [-0.2, 0) is 4.74 Å². The number of aromatic nitrogens is 1. The molecule has 1 aliphatic rings. The predicted molar refractivity (Wildman–Crippen MR) is 70.5 cm³/mol. The molecule has 0 aromatic carbocycles.